The van der Waals surface area contributed by atoms with Gasteiger partial charge in [0, 0.05) is 16.2 Å². The van der Waals surface area contributed by atoms with E-state index in [0.29, 0.717) is 0 Å². The molecule has 0 spiro atoms. The Morgan fingerprint density at radius 2 is 1.86 bits per heavy atom. The minimum atomic E-state index is -0.495. The van der Waals surface area contributed by atoms with Crippen molar-refractivity contribution in [1.29, 1.82) is 0 Å². The van der Waals surface area contributed by atoms with Gasteiger partial charge in [0.15, 0.2) is 0 Å². The fourth-order valence-corrected chi connectivity index (χ4v) is 2.94. The van der Waals surface area contributed by atoms with Crippen LogP contribution < -0.4 is 0 Å². The first-order chi connectivity index (χ1) is 10.1. The van der Waals surface area contributed by atoms with E-state index in [1.165, 1.54) is 0 Å². The number of halogens is 1. The lowest BCUT2D eigenvalue weighted by molar-refractivity contribution is 0.198. The Morgan fingerprint density at radius 1 is 1.10 bits per heavy atom. The van der Waals surface area contributed by atoms with E-state index >= 15 is 0 Å². The van der Waals surface area contributed by atoms with E-state index < -0.39 is 6.10 Å². The van der Waals surface area contributed by atoms with E-state index in [9.17, 15) is 5.11 Å². The highest BCUT2D eigenvalue weighted by atomic mass is 79.9. The zero-order chi connectivity index (χ0) is 14.8. The van der Waals surface area contributed by atoms with Crippen molar-refractivity contribution in [2.45, 2.75) is 13.0 Å². The fraction of sp³-hybridized carbons (Fsp3) is 0.118. The van der Waals surface area contributed by atoms with Gasteiger partial charge in [0.05, 0.1) is 18.0 Å². The Bertz CT molecular complexity index is 750. The molecular formula is C17H15BrN2O. The Kier molecular flexibility index (Phi) is 3.90. The summed E-state index contributed by atoms with van der Waals surface area (Å²) >= 11 is 3.50. The normalized spacial score (nSPS) is 12.3. The first-order valence-corrected chi connectivity index (χ1v) is 7.52. The summed E-state index contributed by atoms with van der Waals surface area (Å²) in [7, 11) is 0. The van der Waals surface area contributed by atoms with Crippen LogP contribution in [0.2, 0.25) is 0 Å². The van der Waals surface area contributed by atoms with Crippen molar-refractivity contribution in [3.63, 3.8) is 0 Å². The zero-order valence-electron chi connectivity index (χ0n) is 11.6. The summed E-state index contributed by atoms with van der Waals surface area (Å²) in [5.41, 5.74) is 4.04. The van der Waals surface area contributed by atoms with Gasteiger partial charge in [0.25, 0.3) is 0 Å². The molecule has 1 N–H and O–H groups in total. The molecular weight excluding hydrogens is 328 g/mol. The van der Waals surface area contributed by atoms with Crippen molar-refractivity contribution < 1.29 is 5.11 Å². The molecule has 0 saturated carbocycles. The number of benzene rings is 2. The summed E-state index contributed by atoms with van der Waals surface area (Å²) < 4.78 is 2.71. The third-order valence-electron chi connectivity index (χ3n) is 3.39. The molecule has 1 atom stereocenters. The van der Waals surface area contributed by atoms with Crippen LogP contribution in [0.4, 0.5) is 0 Å². The zero-order valence-corrected chi connectivity index (χ0v) is 13.2. The molecule has 2 aromatic carbocycles. The van der Waals surface area contributed by atoms with E-state index in [-0.39, 0.29) is 0 Å². The molecule has 3 nitrogen and oxygen atoms in total. The average molecular weight is 343 g/mol. The molecule has 0 aliphatic heterocycles. The first kappa shape index (κ1) is 14.0. The van der Waals surface area contributed by atoms with Gasteiger partial charge >= 0.3 is 0 Å². The predicted octanol–water partition coefficient (Wildman–Crippen LogP) is 4.36. The Hall–Kier alpha value is -1.91. The molecule has 3 rings (SSSR count). The molecule has 0 amide bonds. The van der Waals surface area contributed by atoms with E-state index in [4.69, 9.17) is 0 Å². The number of hydrogen-bond donors (Lipinski definition) is 1. The van der Waals surface area contributed by atoms with Crippen LogP contribution in [0.3, 0.4) is 0 Å². The monoisotopic (exact) mass is 342 g/mol. The third kappa shape index (κ3) is 2.91. The van der Waals surface area contributed by atoms with Crippen LogP contribution in [0.1, 0.15) is 18.6 Å². The summed E-state index contributed by atoms with van der Waals surface area (Å²) in [6, 6.07) is 16.0. The van der Waals surface area contributed by atoms with Crippen molar-refractivity contribution in [2.24, 2.45) is 0 Å². The molecule has 0 unspecified atom stereocenters. The maximum absolute atomic E-state index is 9.67. The molecule has 0 aliphatic rings. The van der Waals surface area contributed by atoms with E-state index in [0.717, 1.165) is 26.9 Å². The SMILES string of the molecule is C[C@@H](O)c1ccc(-n2cc(-c3ccccc3)cn2)cc1Br. The summed E-state index contributed by atoms with van der Waals surface area (Å²) in [6.45, 7) is 1.75. The first-order valence-electron chi connectivity index (χ1n) is 6.73. The quantitative estimate of drug-likeness (QED) is 0.768. The molecule has 0 fully saturated rings. The van der Waals surface area contributed by atoms with Crippen LogP contribution in [0.5, 0.6) is 0 Å². The highest BCUT2D eigenvalue weighted by Gasteiger charge is 2.09. The van der Waals surface area contributed by atoms with Crippen molar-refractivity contribution in [3.8, 4) is 16.8 Å². The van der Waals surface area contributed by atoms with Gasteiger partial charge < -0.3 is 5.11 Å². The summed E-state index contributed by atoms with van der Waals surface area (Å²) in [5.74, 6) is 0. The van der Waals surface area contributed by atoms with Crippen molar-refractivity contribution in [2.75, 3.05) is 0 Å². The number of rotatable bonds is 3. The van der Waals surface area contributed by atoms with Gasteiger partial charge in [-0.3, -0.25) is 0 Å². The third-order valence-corrected chi connectivity index (χ3v) is 4.08. The molecule has 0 aliphatic carbocycles. The lowest BCUT2D eigenvalue weighted by Gasteiger charge is -2.09. The van der Waals surface area contributed by atoms with E-state index in [1.54, 1.807) is 6.92 Å². The van der Waals surface area contributed by atoms with Gasteiger partial charge in [-0.15, -0.1) is 0 Å². The lowest BCUT2D eigenvalue weighted by atomic mass is 10.1. The number of aliphatic hydroxyl groups is 1. The molecule has 1 aromatic heterocycles. The van der Waals surface area contributed by atoms with Crippen molar-refractivity contribution >= 4 is 15.9 Å². The second-order valence-electron chi connectivity index (χ2n) is 4.92. The van der Waals surface area contributed by atoms with Gasteiger partial charge in [-0.25, -0.2) is 4.68 Å². The van der Waals surface area contributed by atoms with E-state index in [2.05, 4.69) is 33.2 Å². The number of aliphatic hydroxyl groups excluding tert-OH is 1. The van der Waals surface area contributed by atoms with Crippen LogP contribution in [0.15, 0.2) is 65.4 Å². The van der Waals surface area contributed by atoms with Crippen LogP contribution >= 0.6 is 15.9 Å². The maximum Gasteiger partial charge on any atom is 0.0772 e. The van der Waals surface area contributed by atoms with Gasteiger partial charge in [0.2, 0.25) is 0 Å². The van der Waals surface area contributed by atoms with Crippen molar-refractivity contribution in [1.82, 2.24) is 9.78 Å². The van der Waals surface area contributed by atoms with Crippen LogP contribution in [0, 0.1) is 0 Å². The molecule has 0 radical (unpaired) electrons. The predicted molar refractivity (Wildman–Crippen MR) is 87.3 cm³/mol. The van der Waals surface area contributed by atoms with Gasteiger partial charge in [-0.1, -0.05) is 52.3 Å². The van der Waals surface area contributed by atoms with Crippen LogP contribution in [0.25, 0.3) is 16.8 Å². The average Bonchev–Trinajstić information content (AvgIpc) is 2.97. The molecule has 0 saturated heterocycles. The van der Waals surface area contributed by atoms with E-state index in [1.807, 2.05) is 53.5 Å². The molecule has 4 heteroatoms. The Balaban J connectivity index is 1.95. The molecule has 106 valence electrons. The standard InChI is InChI=1S/C17H15BrN2O/c1-12(21)16-8-7-15(9-17(16)18)20-11-14(10-19-20)13-5-3-2-4-6-13/h2-12,21H,1H3/t12-/m1/s1. The smallest absolute Gasteiger partial charge is 0.0772 e. The minimum Gasteiger partial charge on any atom is -0.389 e. The Morgan fingerprint density at radius 3 is 2.52 bits per heavy atom. The number of aromatic nitrogens is 2. The molecule has 3 aromatic rings. The number of nitrogens with zero attached hydrogens (tertiary/aromatic N) is 2. The topological polar surface area (TPSA) is 38.0 Å². The summed E-state index contributed by atoms with van der Waals surface area (Å²) in [5, 5.41) is 14.1. The van der Waals surface area contributed by atoms with Gasteiger partial charge in [-0.2, -0.15) is 5.10 Å². The Labute approximate surface area is 132 Å². The maximum atomic E-state index is 9.67. The largest absolute Gasteiger partial charge is 0.389 e. The number of hydrogen-bond acceptors (Lipinski definition) is 2. The molecule has 21 heavy (non-hydrogen) atoms. The van der Waals surface area contributed by atoms with Crippen LogP contribution in [-0.4, -0.2) is 14.9 Å². The summed E-state index contributed by atoms with van der Waals surface area (Å²) in [4.78, 5) is 0. The van der Waals surface area contributed by atoms with Crippen molar-refractivity contribution in [3.05, 3.63) is 71.0 Å². The lowest BCUT2D eigenvalue weighted by Crippen LogP contribution is -1.97. The van der Waals surface area contributed by atoms with Gasteiger partial charge in [0.1, 0.15) is 0 Å². The van der Waals surface area contributed by atoms with Crippen LogP contribution in [-0.2, 0) is 0 Å². The highest BCUT2D eigenvalue weighted by molar-refractivity contribution is 9.10. The highest BCUT2D eigenvalue weighted by Crippen LogP contribution is 2.26. The molecule has 1 heterocycles. The van der Waals surface area contributed by atoms with Gasteiger partial charge in [-0.05, 0) is 30.2 Å². The fourth-order valence-electron chi connectivity index (χ4n) is 2.24. The second kappa shape index (κ2) is 5.84. The summed E-state index contributed by atoms with van der Waals surface area (Å²) in [6.07, 6.45) is 3.36. The molecule has 0 bridgehead atoms. The minimum absolute atomic E-state index is 0.495. The second-order valence-corrected chi connectivity index (χ2v) is 5.78.